The van der Waals surface area contributed by atoms with Gasteiger partial charge in [-0.15, -0.1) is 0 Å². The first kappa shape index (κ1) is 17.8. The Balaban J connectivity index is 3.04. The maximum absolute atomic E-state index is 12.8. The topological polar surface area (TPSA) is 45.2 Å². The molecule has 1 N–H and O–H groups in total. The summed E-state index contributed by atoms with van der Waals surface area (Å²) < 4.78 is 0. The van der Waals surface area contributed by atoms with Gasteiger partial charge < -0.3 is 10.2 Å². The third-order valence-corrected chi connectivity index (χ3v) is 3.85. The zero-order valence-corrected chi connectivity index (χ0v) is 14.2. The van der Waals surface area contributed by atoms with Crippen LogP contribution in [0.15, 0.2) is 12.1 Å². The number of hydrogen-bond donors (Lipinski definition) is 1. The van der Waals surface area contributed by atoms with E-state index in [0.29, 0.717) is 16.5 Å². The smallest absolute Gasteiger partial charge is 0.274 e. The molecule has 0 bridgehead atoms. The monoisotopic (exact) mass is 311 g/mol. The Morgan fingerprint density at radius 3 is 2.67 bits per heavy atom. The van der Waals surface area contributed by atoms with Gasteiger partial charge >= 0.3 is 0 Å². The predicted octanol–water partition coefficient (Wildman–Crippen LogP) is 4.21. The number of rotatable bonds is 8. The number of amides is 1. The molecule has 1 heterocycles. The summed E-state index contributed by atoms with van der Waals surface area (Å²) in [5.41, 5.74) is 0.339. The summed E-state index contributed by atoms with van der Waals surface area (Å²) in [5.74, 6) is 0.604. The van der Waals surface area contributed by atoms with Crippen LogP contribution in [-0.4, -0.2) is 34.9 Å². The van der Waals surface area contributed by atoms with Gasteiger partial charge in [-0.25, -0.2) is 4.98 Å². The molecule has 0 aliphatic rings. The van der Waals surface area contributed by atoms with Crippen molar-refractivity contribution in [3.8, 4) is 0 Å². The van der Waals surface area contributed by atoms with Gasteiger partial charge in [0.2, 0.25) is 0 Å². The average molecular weight is 312 g/mol. The number of carbonyl (C=O) groups is 1. The molecule has 0 saturated heterocycles. The van der Waals surface area contributed by atoms with Crippen molar-refractivity contribution in [2.75, 3.05) is 18.4 Å². The van der Waals surface area contributed by atoms with Crippen LogP contribution >= 0.6 is 11.6 Å². The standard InChI is InChI=1S/C16H26ClN3O/c1-5-8-11-20(12(4)6-2)16(21)15-13(17)9-10-14(19-15)18-7-3/h9-10,12H,5-8,11H2,1-4H3,(H,18,19). The van der Waals surface area contributed by atoms with Crippen molar-refractivity contribution in [2.45, 2.75) is 53.0 Å². The number of carbonyl (C=O) groups excluding carboxylic acids is 1. The highest BCUT2D eigenvalue weighted by atomic mass is 35.5. The van der Waals surface area contributed by atoms with Crippen LogP contribution in [0.25, 0.3) is 0 Å². The van der Waals surface area contributed by atoms with Crippen molar-refractivity contribution < 1.29 is 4.79 Å². The van der Waals surface area contributed by atoms with Gasteiger partial charge in [0.25, 0.3) is 5.91 Å². The van der Waals surface area contributed by atoms with Crippen LogP contribution in [0.3, 0.4) is 0 Å². The quantitative estimate of drug-likeness (QED) is 0.782. The predicted molar refractivity (Wildman–Crippen MR) is 89.1 cm³/mol. The van der Waals surface area contributed by atoms with Crippen molar-refractivity contribution in [3.63, 3.8) is 0 Å². The summed E-state index contributed by atoms with van der Waals surface area (Å²) in [4.78, 5) is 19.0. The molecule has 118 valence electrons. The molecule has 0 saturated carbocycles. The van der Waals surface area contributed by atoms with E-state index in [1.54, 1.807) is 12.1 Å². The molecule has 1 aromatic rings. The molecule has 1 rings (SSSR count). The Kier molecular flexibility index (Phi) is 7.51. The summed E-state index contributed by atoms with van der Waals surface area (Å²) >= 11 is 6.18. The summed E-state index contributed by atoms with van der Waals surface area (Å²) in [7, 11) is 0. The number of halogens is 1. The molecule has 0 spiro atoms. The maximum atomic E-state index is 12.8. The molecule has 4 nitrogen and oxygen atoms in total. The Hall–Kier alpha value is -1.29. The first-order valence-electron chi connectivity index (χ1n) is 7.76. The molecular formula is C16H26ClN3O. The van der Waals surface area contributed by atoms with Crippen LogP contribution in [0.4, 0.5) is 5.82 Å². The lowest BCUT2D eigenvalue weighted by molar-refractivity contribution is 0.0679. The van der Waals surface area contributed by atoms with Crippen molar-refractivity contribution in [2.24, 2.45) is 0 Å². The van der Waals surface area contributed by atoms with E-state index in [0.717, 1.165) is 32.4 Å². The summed E-state index contributed by atoms with van der Waals surface area (Å²) in [6.45, 7) is 9.76. The second kappa shape index (κ2) is 8.88. The highest BCUT2D eigenvalue weighted by Crippen LogP contribution is 2.20. The summed E-state index contributed by atoms with van der Waals surface area (Å²) in [5, 5.41) is 3.52. The van der Waals surface area contributed by atoms with E-state index < -0.39 is 0 Å². The van der Waals surface area contributed by atoms with Crippen LogP contribution in [0.1, 0.15) is 57.4 Å². The van der Waals surface area contributed by atoms with Crippen molar-refractivity contribution in [1.82, 2.24) is 9.88 Å². The molecule has 0 aliphatic heterocycles. The van der Waals surface area contributed by atoms with Gasteiger partial charge in [0.1, 0.15) is 11.5 Å². The third-order valence-electron chi connectivity index (χ3n) is 3.54. The maximum Gasteiger partial charge on any atom is 0.274 e. The molecule has 1 aromatic heterocycles. The Morgan fingerprint density at radius 1 is 1.38 bits per heavy atom. The second-order valence-corrected chi connectivity index (χ2v) is 5.57. The van der Waals surface area contributed by atoms with Crippen LogP contribution < -0.4 is 5.32 Å². The molecule has 1 amide bonds. The minimum Gasteiger partial charge on any atom is -0.370 e. The molecule has 0 aliphatic carbocycles. The second-order valence-electron chi connectivity index (χ2n) is 5.17. The molecule has 0 aromatic carbocycles. The Labute approximate surface area is 132 Å². The molecular weight excluding hydrogens is 286 g/mol. The highest BCUT2D eigenvalue weighted by Gasteiger charge is 2.23. The number of nitrogens with one attached hydrogen (secondary N) is 1. The van der Waals surface area contributed by atoms with Gasteiger partial charge in [-0.3, -0.25) is 4.79 Å². The molecule has 1 unspecified atom stereocenters. The average Bonchev–Trinajstić information content (AvgIpc) is 2.49. The van der Waals surface area contributed by atoms with Crippen LogP contribution in [0, 0.1) is 0 Å². The number of unbranched alkanes of at least 4 members (excludes halogenated alkanes) is 1. The Bertz CT molecular complexity index is 465. The third kappa shape index (κ3) is 4.88. The molecule has 21 heavy (non-hydrogen) atoms. The van der Waals surface area contributed by atoms with Gasteiger partial charge in [0.05, 0.1) is 5.02 Å². The van der Waals surface area contributed by atoms with E-state index in [1.165, 1.54) is 0 Å². The molecule has 5 heteroatoms. The lowest BCUT2D eigenvalue weighted by Crippen LogP contribution is -2.39. The van der Waals surface area contributed by atoms with Crippen LogP contribution in [0.5, 0.6) is 0 Å². The zero-order valence-electron chi connectivity index (χ0n) is 13.4. The number of anilines is 1. The fourth-order valence-corrected chi connectivity index (χ4v) is 2.26. The van der Waals surface area contributed by atoms with E-state index in [2.05, 4.69) is 31.1 Å². The van der Waals surface area contributed by atoms with E-state index in [4.69, 9.17) is 11.6 Å². The number of aromatic nitrogens is 1. The van der Waals surface area contributed by atoms with E-state index in [9.17, 15) is 4.79 Å². The molecule has 0 fully saturated rings. The van der Waals surface area contributed by atoms with Gasteiger partial charge in [-0.1, -0.05) is 31.9 Å². The Morgan fingerprint density at radius 2 is 2.10 bits per heavy atom. The highest BCUT2D eigenvalue weighted by molar-refractivity contribution is 6.33. The van der Waals surface area contributed by atoms with Crippen LogP contribution in [0.2, 0.25) is 5.02 Å². The van der Waals surface area contributed by atoms with Gasteiger partial charge in [0, 0.05) is 19.1 Å². The van der Waals surface area contributed by atoms with Gasteiger partial charge in [-0.2, -0.15) is 0 Å². The number of hydrogen-bond acceptors (Lipinski definition) is 3. The van der Waals surface area contributed by atoms with E-state index in [1.807, 2.05) is 11.8 Å². The SMILES string of the molecule is CCCCN(C(=O)c1nc(NCC)ccc1Cl)C(C)CC. The summed E-state index contributed by atoms with van der Waals surface area (Å²) in [6, 6.07) is 3.71. The first-order chi connectivity index (χ1) is 10.0. The van der Waals surface area contributed by atoms with Crippen molar-refractivity contribution in [3.05, 3.63) is 22.8 Å². The lowest BCUT2D eigenvalue weighted by atomic mass is 10.1. The minimum absolute atomic E-state index is 0.0810. The van der Waals surface area contributed by atoms with Gasteiger partial charge in [0.15, 0.2) is 0 Å². The van der Waals surface area contributed by atoms with E-state index in [-0.39, 0.29) is 11.9 Å². The fraction of sp³-hybridized carbons (Fsp3) is 0.625. The summed E-state index contributed by atoms with van der Waals surface area (Å²) in [6.07, 6.45) is 2.96. The zero-order chi connectivity index (χ0) is 15.8. The minimum atomic E-state index is -0.0810. The number of nitrogens with zero attached hydrogens (tertiary/aromatic N) is 2. The molecule has 0 radical (unpaired) electrons. The normalized spacial score (nSPS) is 12.0. The lowest BCUT2D eigenvalue weighted by Gasteiger charge is -2.28. The van der Waals surface area contributed by atoms with Gasteiger partial charge in [-0.05, 0) is 38.8 Å². The number of pyridine rings is 1. The van der Waals surface area contributed by atoms with Crippen LogP contribution in [-0.2, 0) is 0 Å². The first-order valence-corrected chi connectivity index (χ1v) is 8.14. The van der Waals surface area contributed by atoms with Crippen molar-refractivity contribution in [1.29, 1.82) is 0 Å². The fourth-order valence-electron chi connectivity index (χ4n) is 2.08. The van der Waals surface area contributed by atoms with E-state index >= 15 is 0 Å². The van der Waals surface area contributed by atoms with Crippen molar-refractivity contribution >= 4 is 23.3 Å². The largest absolute Gasteiger partial charge is 0.370 e. The molecule has 1 atom stereocenters.